The first-order chi connectivity index (χ1) is 17.3. The van der Waals surface area contributed by atoms with Crippen LogP contribution in [-0.2, 0) is 27.2 Å². The predicted octanol–water partition coefficient (Wildman–Crippen LogP) is 5.52. The molecule has 0 bridgehead atoms. The Morgan fingerprint density at radius 2 is 2.14 bits per heavy atom. The summed E-state index contributed by atoms with van der Waals surface area (Å²) in [6, 6.07) is 4.55. The second kappa shape index (κ2) is 9.73. The lowest BCUT2D eigenvalue weighted by Gasteiger charge is -2.50. The number of hydrogen-bond donors (Lipinski definition) is 1. The number of benzene rings is 1. The fraction of sp³-hybridized carbons (Fsp3) is 0.586. The molecule has 0 radical (unpaired) electrons. The number of amides is 1. The van der Waals surface area contributed by atoms with E-state index in [9.17, 15) is 14.4 Å². The Bertz CT molecular complexity index is 1190. The number of anilines is 1. The van der Waals surface area contributed by atoms with Gasteiger partial charge in [0.05, 0.1) is 13.0 Å². The van der Waals surface area contributed by atoms with Gasteiger partial charge in [-0.05, 0) is 91.9 Å². The molecule has 2 saturated carbocycles. The molecular formula is C29H36N2O4S. The molecule has 0 spiro atoms. The average molecular weight is 509 g/mol. The Hall–Kier alpha value is -2.54. The van der Waals surface area contributed by atoms with Crippen LogP contribution in [0, 0.1) is 36.0 Å². The Balaban J connectivity index is 1.42. The van der Waals surface area contributed by atoms with Gasteiger partial charge in [0.25, 0.3) is 0 Å². The van der Waals surface area contributed by atoms with Gasteiger partial charge in [0.2, 0.25) is 5.91 Å². The minimum atomic E-state index is -0.614. The summed E-state index contributed by atoms with van der Waals surface area (Å²) in [4.78, 5) is 43.8. The number of hydrogen-bond acceptors (Lipinski definition) is 6. The highest BCUT2D eigenvalue weighted by molar-refractivity contribution is 7.15. The van der Waals surface area contributed by atoms with Crippen molar-refractivity contribution in [3.63, 3.8) is 0 Å². The van der Waals surface area contributed by atoms with Gasteiger partial charge in [0, 0.05) is 22.9 Å². The number of thiazole rings is 1. The number of aromatic nitrogens is 1. The van der Waals surface area contributed by atoms with Crippen LogP contribution in [0.15, 0.2) is 18.3 Å². The average Bonchev–Trinajstić information content (AvgIpc) is 3.38. The number of rotatable bonds is 7. The van der Waals surface area contributed by atoms with Gasteiger partial charge in [-0.1, -0.05) is 19.9 Å². The number of Topliss-reactive ketones (excluding diaryl/α,β-unsaturated/α-hetero) is 1. The van der Waals surface area contributed by atoms with Crippen molar-refractivity contribution >= 4 is 34.4 Å². The van der Waals surface area contributed by atoms with Gasteiger partial charge < -0.3 is 14.8 Å². The van der Waals surface area contributed by atoms with Crippen LogP contribution in [0.4, 0.5) is 5.13 Å². The van der Waals surface area contributed by atoms with E-state index in [1.807, 2.05) is 6.92 Å². The normalized spacial score (nSPS) is 30.8. The van der Waals surface area contributed by atoms with Gasteiger partial charge in [-0.2, -0.15) is 0 Å². The zero-order valence-electron chi connectivity index (χ0n) is 21.6. The fourth-order valence-corrected chi connectivity index (χ4v) is 8.33. The zero-order chi connectivity index (χ0) is 25.6. The SMILES string of the molecule is CCc1cc2c(cc1OC)CCC1C2CCC2(C)C(=O)C(C=O)C(CCC(=O)Nc3ncc(C)s3)C12. The number of nitrogens with zero attached hydrogens (tertiary/aromatic N) is 1. The van der Waals surface area contributed by atoms with Crippen molar-refractivity contribution in [1.82, 2.24) is 4.98 Å². The lowest BCUT2D eigenvalue weighted by molar-refractivity contribution is -0.133. The first-order valence-corrected chi connectivity index (χ1v) is 14.0. The highest BCUT2D eigenvalue weighted by Gasteiger charge is 2.62. The number of ketones is 1. The van der Waals surface area contributed by atoms with Crippen molar-refractivity contribution in [2.45, 2.75) is 71.6 Å². The fourth-order valence-electron chi connectivity index (χ4n) is 7.65. The van der Waals surface area contributed by atoms with Crippen LogP contribution >= 0.6 is 11.3 Å². The molecule has 3 aliphatic rings. The molecule has 1 heterocycles. The highest BCUT2D eigenvalue weighted by atomic mass is 32.1. The first kappa shape index (κ1) is 25.1. The number of ether oxygens (including phenoxy) is 1. The molecule has 2 fully saturated rings. The Kier molecular flexibility index (Phi) is 6.79. The summed E-state index contributed by atoms with van der Waals surface area (Å²) in [7, 11) is 1.73. The molecule has 7 heteroatoms. The van der Waals surface area contributed by atoms with Gasteiger partial charge >= 0.3 is 0 Å². The zero-order valence-corrected chi connectivity index (χ0v) is 22.5. The van der Waals surface area contributed by atoms with Gasteiger partial charge in [0.1, 0.15) is 17.8 Å². The molecule has 36 heavy (non-hydrogen) atoms. The van der Waals surface area contributed by atoms with Crippen LogP contribution < -0.4 is 10.1 Å². The summed E-state index contributed by atoms with van der Waals surface area (Å²) in [6.45, 7) is 6.20. The molecule has 0 saturated heterocycles. The van der Waals surface area contributed by atoms with E-state index in [2.05, 4.69) is 36.3 Å². The van der Waals surface area contributed by atoms with Crippen LogP contribution in [0.25, 0.3) is 0 Å². The molecule has 6 unspecified atom stereocenters. The molecule has 6 nitrogen and oxygen atoms in total. The topological polar surface area (TPSA) is 85.4 Å². The van der Waals surface area contributed by atoms with E-state index in [1.54, 1.807) is 13.3 Å². The van der Waals surface area contributed by atoms with Crippen LogP contribution in [0.1, 0.15) is 73.4 Å². The Labute approximate surface area is 217 Å². The number of methoxy groups -OCH3 is 1. The van der Waals surface area contributed by atoms with E-state index in [4.69, 9.17) is 4.74 Å². The molecule has 1 N–H and O–H groups in total. The summed E-state index contributed by atoms with van der Waals surface area (Å²) >= 11 is 1.45. The van der Waals surface area contributed by atoms with E-state index < -0.39 is 11.3 Å². The van der Waals surface area contributed by atoms with Crippen molar-refractivity contribution in [3.05, 3.63) is 39.9 Å². The van der Waals surface area contributed by atoms with Crippen LogP contribution in [0.3, 0.4) is 0 Å². The lowest BCUT2D eigenvalue weighted by atomic mass is 9.54. The Morgan fingerprint density at radius 3 is 2.81 bits per heavy atom. The molecule has 192 valence electrons. The first-order valence-electron chi connectivity index (χ1n) is 13.2. The molecule has 1 aromatic heterocycles. The van der Waals surface area contributed by atoms with Crippen molar-refractivity contribution in [3.8, 4) is 5.75 Å². The minimum Gasteiger partial charge on any atom is -0.496 e. The van der Waals surface area contributed by atoms with Crippen molar-refractivity contribution in [2.75, 3.05) is 12.4 Å². The predicted molar refractivity (Wildman–Crippen MR) is 141 cm³/mol. The van der Waals surface area contributed by atoms with Crippen LogP contribution in [0.2, 0.25) is 0 Å². The maximum atomic E-state index is 13.6. The Morgan fingerprint density at radius 1 is 1.33 bits per heavy atom. The van der Waals surface area contributed by atoms with E-state index in [0.717, 1.165) is 49.0 Å². The molecular weight excluding hydrogens is 472 g/mol. The molecule has 1 aromatic carbocycles. The second-order valence-corrected chi connectivity index (χ2v) is 12.3. The molecule has 0 aliphatic heterocycles. The number of fused-ring (bicyclic) bond motifs is 5. The summed E-state index contributed by atoms with van der Waals surface area (Å²) in [5, 5.41) is 3.49. The maximum Gasteiger partial charge on any atom is 0.226 e. The standard InChI is InChI=1S/C29H36N2O4S/c1-5-17-12-22-18(13-24(17)35-4)6-7-20-19(22)10-11-29(3)26(20)21(23(15-32)27(29)34)8-9-25(33)31-28-30-14-16(2)36-28/h12-15,19-21,23,26H,5-11H2,1-4H3,(H,30,31,33). The third-order valence-corrected chi connectivity index (χ3v) is 10.1. The molecule has 6 atom stereocenters. The van der Waals surface area contributed by atoms with Gasteiger partial charge in [-0.25, -0.2) is 4.98 Å². The van der Waals surface area contributed by atoms with E-state index in [-0.39, 0.29) is 23.5 Å². The summed E-state index contributed by atoms with van der Waals surface area (Å²) in [6.07, 6.45) is 8.09. The minimum absolute atomic E-state index is 0.0941. The molecule has 5 rings (SSSR count). The monoisotopic (exact) mass is 508 g/mol. The van der Waals surface area contributed by atoms with Crippen molar-refractivity contribution < 1.29 is 19.1 Å². The quantitative estimate of drug-likeness (QED) is 0.393. The highest BCUT2D eigenvalue weighted by Crippen LogP contribution is 2.63. The van der Waals surface area contributed by atoms with Gasteiger partial charge in [-0.3, -0.25) is 9.59 Å². The number of aryl methyl sites for hydroxylation is 3. The molecule has 3 aliphatic carbocycles. The van der Waals surface area contributed by atoms with Crippen LogP contribution in [0.5, 0.6) is 5.75 Å². The van der Waals surface area contributed by atoms with Crippen molar-refractivity contribution in [1.29, 1.82) is 0 Å². The third-order valence-electron chi connectivity index (χ3n) is 9.27. The van der Waals surface area contributed by atoms with Gasteiger partial charge in [-0.15, -0.1) is 11.3 Å². The smallest absolute Gasteiger partial charge is 0.226 e. The largest absolute Gasteiger partial charge is 0.496 e. The van der Waals surface area contributed by atoms with E-state index in [1.165, 1.54) is 28.0 Å². The van der Waals surface area contributed by atoms with Crippen molar-refractivity contribution in [2.24, 2.45) is 29.1 Å². The third kappa shape index (κ3) is 4.09. The van der Waals surface area contributed by atoms with Gasteiger partial charge in [0.15, 0.2) is 5.13 Å². The number of carbonyl (C=O) groups is 3. The number of aldehydes is 1. The number of carbonyl (C=O) groups excluding carboxylic acids is 3. The summed E-state index contributed by atoms with van der Waals surface area (Å²) in [5.41, 5.74) is 3.50. The lowest BCUT2D eigenvalue weighted by Crippen LogP contribution is -2.44. The second-order valence-electron chi connectivity index (χ2n) is 11.1. The van der Waals surface area contributed by atoms with E-state index in [0.29, 0.717) is 29.8 Å². The van der Waals surface area contributed by atoms with Crippen LogP contribution in [-0.4, -0.2) is 30.1 Å². The molecule has 2 aromatic rings. The summed E-state index contributed by atoms with van der Waals surface area (Å²) < 4.78 is 5.66. The van der Waals surface area contributed by atoms with E-state index >= 15 is 0 Å². The summed E-state index contributed by atoms with van der Waals surface area (Å²) in [5.74, 6) is 1.10. The maximum absolute atomic E-state index is 13.6. The molecule has 1 amide bonds. The number of nitrogens with one attached hydrogen (secondary N) is 1.